The molecule has 5 heteroatoms. The minimum atomic E-state index is -1.43. The highest BCUT2D eigenvalue weighted by atomic mass is 35.5. The van der Waals surface area contributed by atoms with Crippen LogP contribution in [0.15, 0.2) is 18.2 Å². The van der Waals surface area contributed by atoms with Crippen LogP contribution >= 0.6 is 11.6 Å². The number of hydrogen-bond donors (Lipinski definition) is 2. The summed E-state index contributed by atoms with van der Waals surface area (Å²) in [6.07, 6.45) is 2.34. The van der Waals surface area contributed by atoms with Crippen LogP contribution in [0, 0.1) is 0 Å². The van der Waals surface area contributed by atoms with E-state index in [9.17, 15) is 0 Å². The molecule has 1 aliphatic heterocycles. The maximum Gasteiger partial charge on any atom is 0.488 e. The van der Waals surface area contributed by atoms with E-state index in [1.165, 1.54) is 12.8 Å². The predicted molar refractivity (Wildman–Crippen MR) is 62.7 cm³/mol. The van der Waals surface area contributed by atoms with Gasteiger partial charge in [0.05, 0.1) is 10.7 Å². The zero-order valence-electron chi connectivity index (χ0n) is 8.36. The van der Waals surface area contributed by atoms with E-state index in [1.54, 1.807) is 18.2 Å². The van der Waals surface area contributed by atoms with Gasteiger partial charge in [-0.25, -0.2) is 0 Å². The maximum atomic E-state index is 9.08. The SMILES string of the molecule is OB(O)c1ccc(Cl)c(N2CCCC2)c1. The first-order valence-corrected chi connectivity index (χ1v) is 5.47. The van der Waals surface area contributed by atoms with Gasteiger partial charge < -0.3 is 14.9 Å². The molecule has 2 rings (SSSR count). The lowest BCUT2D eigenvalue weighted by Gasteiger charge is -2.19. The Labute approximate surface area is 94.4 Å². The van der Waals surface area contributed by atoms with E-state index in [1.807, 2.05) is 0 Å². The fourth-order valence-corrected chi connectivity index (χ4v) is 2.13. The van der Waals surface area contributed by atoms with Crippen molar-refractivity contribution in [3.05, 3.63) is 23.2 Å². The van der Waals surface area contributed by atoms with Crippen LogP contribution in [-0.2, 0) is 0 Å². The average molecular weight is 225 g/mol. The second-order valence-electron chi connectivity index (χ2n) is 3.78. The number of nitrogens with zero attached hydrogens (tertiary/aromatic N) is 1. The summed E-state index contributed by atoms with van der Waals surface area (Å²) in [7, 11) is -1.43. The number of anilines is 1. The molecule has 0 aliphatic carbocycles. The molecule has 0 atom stereocenters. The molecule has 2 N–H and O–H groups in total. The fourth-order valence-electron chi connectivity index (χ4n) is 1.89. The van der Waals surface area contributed by atoms with E-state index in [0.717, 1.165) is 18.8 Å². The van der Waals surface area contributed by atoms with Crippen molar-refractivity contribution < 1.29 is 10.0 Å². The van der Waals surface area contributed by atoms with Gasteiger partial charge in [0.25, 0.3) is 0 Å². The molecule has 80 valence electrons. The zero-order valence-corrected chi connectivity index (χ0v) is 9.11. The third-order valence-electron chi connectivity index (χ3n) is 2.72. The smallest absolute Gasteiger partial charge is 0.423 e. The summed E-state index contributed by atoms with van der Waals surface area (Å²) in [4.78, 5) is 2.17. The molecule has 0 saturated carbocycles. The number of halogens is 1. The Morgan fingerprint density at radius 2 is 1.87 bits per heavy atom. The third-order valence-corrected chi connectivity index (χ3v) is 3.03. The van der Waals surface area contributed by atoms with Gasteiger partial charge in [0.15, 0.2) is 0 Å². The van der Waals surface area contributed by atoms with E-state index in [2.05, 4.69) is 4.90 Å². The van der Waals surface area contributed by atoms with Gasteiger partial charge in [-0.3, -0.25) is 0 Å². The molecule has 1 saturated heterocycles. The molecule has 1 heterocycles. The molecule has 1 fully saturated rings. The first-order valence-electron chi connectivity index (χ1n) is 5.09. The van der Waals surface area contributed by atoms with Crippen molar-refractivity contribution in [2.24, 2.45) is 0 Å². The molecule has 3 nitrogen and oxygen atoms in total. The highest BCUT2D eigenvalue weighted by Crippen LogP contribution is 2.27. The summed E-state index contributed by atoms with van der Waals surface area (Å²) in [5.74, 6) is 0. The molecule has 1 aliphatic rings. The molecule has 0 spiro atoms. The van der Waals surface area contributed by atoms with Crippen LogP contribution in [0.5, 0.6) is 0 Å². The zero-order chi connectivity index (χ0) is 10.8. The van der Waals surface area contributed by atoms with Crippen molar-refractivity contribution in [2.75, 3.05) is 18.0 Å². The van der Waals surface area contributed by atoms with Crippen molar-refractivity contribution in [1.29, 1.82) is 0 Å². The van der Waals surface area contributed by atoms with E-state index in [4.69, 9.17) is 21.6 Å². The van der Waals surface area contributed by atoms with Crippen LogP contribution < -0.4 is 10.4 Å². The summed E-state index contributed by atoms with van der Waals surface area (Å²) in [5, 5.41) is 18.8. The Morgan fingerprint density at radius 1 is 1.20 bits per heavy atom. The molecule has 0 amide bonds. The van der Waals surface area contributed by atoms with E-state index in [-0.39, 0.29) is 0 Å². The van der Waals surface area contributed by atoms with Gasteiger partial charge in [0, 0.05) is 13.1 Å². The first-order chi connectivity index (χ1) is 7.18. The topological polar surface area (TPSA) is 43.7 Å². The molecular weight excluding hydrogens is 212 g/mol. The number of rotatable bonds is 2. The normalized spacial score (nSPS) is 15.8. The van der Waals surface area contributed by atoms with Crippen molar-refractivity contribution in [3.8, 4) is 0 Å². The van der Waals surface area contributed by atoms with Crippen molar-refractivity contribution in [2.45, 2.75) is 12.8 Å². The van der Waals surface area contributed by atoms with E-state index >= 15 is 0 Å². The van der Waals surface area contributed by atoms with Crippen LogP contribution in [-0.4, -0.2) is 30.3 Å². The van der Waals surface area contributed by atoms with Crippen LogP contribution in [0.1, 0.15) is 12.8 Å². The van der Waals surface area contributed by atoms with Gasteiger partial charge in [0.1, 0.15) is 0 Å². The molecule has 0 aromatic heterocycles. The summed E-state index contributed by atoms with van der Waals surface area (Å²) >= 11 is 6.08. The second kappa shape index (κ2) is 4.43. The highest BCUT2D eigenvalue weighted by molar-refractivity contribution is 6.58. The Morgan fingerprint density at radius 3 is 2.47 bits per heavy atom. The van der Waals surface area contributed by atoms with Crippen LogP contribution in [0.25, 0.3) is 0 Å². The Kier molecular flexibility index (Phi) is 3.19. The lowest BCUT2D eigenvalue weighted by molar-refractivity contribution is 0.426. The van der Waals surface area contributed by atoms with Crippen LogP contribution in [0.2, 0.25) is 5.02 Å². The number of benzene rings is 1. The Bertz CT molecular complexity index is 353. The van der Waals surface area contributed by atoms with Gasteiger partial charge in [-0.2, -0.15) is 0 Å². The quantitative estimate of drug-likeness (QED) is 0.725. The second-order valence-corrected chi connectivity index (χ2v) is 4.19. The Balaban J connectivity index is 2.31. The molecule has 0 radical (unpaired) electrons. The van der Waals surface area contributed by atoms with Crippen LogP contribution in [0.4, 0.5) is 5.69 Å². The third kappa shape index (κ3) is 2.28. The molecule has 15 heavy (non-hydrogen) atoms. The van der Waals surface area contributed by atoms with Gasteiger partial charge in [-0.05, 0) is 30.4 Å². The van der Waals surface area contributed by atoms with Crippen LogP contribution in [0.3, 0.4) is 0 Å². The average Bonchev–Trinajstić information content (AvgIpc) is 2.71. The van der Waals surface area contributed by atoms with Crippen molar-refractivity contribution >= 4 is 29.9 Å². The van der Waals surface area contributed by atoms with Crippen molar-refractivity contribution in [1.82, 2.24) is 0 Å². The fraction of sp³-hybridized carbons (Fsp3) is 0.400. The van der Waals surface area contributed by atoms with Gasteiger partial charge in [0.2, 0.25) is 0 Å². The van der Waals surface area contributed by atoms with E-state index in [0.29, 0.717) is 10.5 Å². The molecular formula is C10H13BClNO2. The lowest BCUT2D eigenvalue weighted by Crippen LogP contribution is -2.31. The number of hydrogen-bond acceptors (Lipinski definition) is 3. The Hall–Kier alpha value is -0.705. The standard InChI is InChI=1S/C10H13BClNO2/c12-9-4-3-8(11(14)15)7-10(9)13-5-1-2-6-13/h3-4,7,14-15H,1-2,5-6H2. The molecule has 0 unspecified atom stereocenters. The molecule has 1 aromatic rings. The first kappa shape index (κ1) is 10.8. The summed E-state index contributed by atoms with van der Waals surface area (Å²) in [5.41, 5.74) is 1.39. The minimum absolute atomic E-state index is 0.487. The monoisotopic (exact) mass is 225 g/mol. The molecule has 0 bridgehead atoms. The van der Waals surface area contributed by atoms with Gasteiger partial charge in [-0.15, -0.1) is 0 Å². The minimum Gasteiger partial charge on any atom is -0.423 e. The summed E-state index contributed by atoms with van der Waals surface area (Å²) < 4.78 is 0. The lowest BCUT2D eigenvalue weighted by atomic mass is 9.80. The molecule has 1 aromatic carbocycles. The maximum absolute atomic E-state index is 9.08. The van der Waals surface area contributed by atoms with Gasteiger partial charge >= 0.3 is 7.12 Å². The van der Waals surface area contributed by atoms with E-state index < -0.39 is 7.12 Å². The summed E-state index contributed by atoms with van der Waals surface area (Å²) in [6.45, 7) is 1.98. The summed E-state index contributed by atoms with van der Waals surface area (Å²) in [6, 6.07) is 5.09. The largest absolute Gasteiger partial charge is 0.488 e. The van der Waals surface area contributed by atoms with Crippen molar-refractivity contribution in [3.63, 3.8) is 0 Å². The highest BCUT2D eigenvalue weighted by Gasteiger charge is 2.18. The van der Waals surface area contributed by atoms with Gasteiger partial charge in [-0.1, -0.05) is 17.7 Å². The predicted octanol–water partition coefficient (Wildman–Crippen LogP) is 0.620.